The lowest BCUT2D eigenvalue weighted by Crippen LogP contribution is -2.52. The van der Waals surface area contributed by atoms with Gasteiger partial charge in [0.05, 0.1) is 10.5 Å². The molecule has 1 N–H and O–H groups in total. The summed E-state index contributed by atoms with van der Waals surface area (Å²) < 4.78 is 0. The van der Waals surface area contributed by atoms with E-state index in [0.717, 1.165) is 50.9 Å². The van der Waals surface area contributed by atoms with Crippen molar-refractivity contribution in [1.29, 1.82) is 0 Å². The lowest BCUT2D eigenvalue weighted by molar-refractivity contribution is -0.385. The molecule has 2 fully saturated rings. The second kappa shape index (κ2) is 5.97. The molecular formula is C17H24N2O3. The highest BCUT2D eigenvalue weighted by Crippen LogP contribution is 2.40. The van der Waals surface area contributed by atoms with E-state index in [0.29, 0.717) is 11.5 Å². The van der Waals surface area contributed by atoms with Crippen molar-refractivity contribution in [3.8, 4) is 0 Å². The minimum atomic E-state index is -0.464. The van der Waals surface area contributed by atoms with Crippen molar-refractivity contribution in [1.82, 2.24) is 4.90 Å². The van der Waals surface area contributed by atoms with E-state index in [4.69, 9.17) is 0 Å². The molecule has 1 aliphatic heterocycles. The lowest BCUT2D eigenvalue weighted by atomic mass is 9.71. The molecule has 2 aliphatic rings. The third-order valence-electron chi connectivity index (χ3n) is 5.39. The Morgan fingerprint density at radius 3 is 3.00 bits per heavy atom. The van der Waals surface area contributed by atoms with Gasteiger partial charge in [0, 0.05) is 37.2 Å². The maximum Gasteiger partial charge on any atom is 0.272 e. The molecule has 22 heavy (non-hydrogen) atoms. The minimum absolute atomic E-state index is 0.198. The molecule has 1 saturated carbocycles. The zero-order valence-corrected chi connectivity index (χ0v) is 13.1. The molecule has 1 saturated heterocycles. The Bertz CT molecular complexity index is 575. The van der Waals surface area contributed by atoms with Gasteiger partial charge >= 0.3 is 0 Å². The van der Waals surface area contributed by atoms with Gasteiger partial charge in [0.1, 0.15) is 0 Å². The van der Waals surface area contributed by atoms with E-state index in [-0.39, 0.29) is 10.6 Å². The molecule has 0 bridgehead atoms. The molecule has 2 unspecified atom stereocenters. The Balaban J connectivity index is 1.69. The molecule has 0 radical (unpaired) electrons. The van der Waals surface area contributed by atoms with Crippen LogP contribution in [0.4, 0.5) is 5.69 Å². The van der Waals surface area contributed by atoms with Crippen molar-refractivity contribution in [2.45, 2.75) is 51.2 Å². The summed E-state index contributed by atoms with van der Waals surface area (Å²) in [6, 6.07) is 5.50. The number of fused-ring (bicyclic) bond motifs is 1. The first kappa shape index (κ1) is 15.4. The van der Waals surface area contributed by atoms with E-state index in [1.54, 1.807) is 13.0 Å². The minimum Gasteiger partial charge on any atom is -0.390 e. The van der Waals surface area contributed by atoms with Crippen molar-refractivity contribution >= 4 is 5.69 Å². The van der Waals surface area contributed by atoms with Gasteiger partial charge in [-0.1, -0.05) is 25.0 Å². The highest BCUT2D eigenvalue weighted by Gasteiger charge is 2.42. The fourth-order valence-electron chi connectivity index (χ4n) is 3.99. The molecule has 1 aliphatic carbocycles. The number of likely N-dealkylation sites (tertiary alicyclic amines) is 1. The topological polar surface area (TPSA) is 66.6 Å². The summed E-state index contributed by atoms with van der Waals surface area (Å²) in [6.07, 6.45) is 5.20. The molecule has 5 heteroatoms. The van der Waals surface area contributed by atoms with Gasteiger partial charge in [0.2, 0.25) is 0 Å². The number of aryl methyl sites for hydroxylation is 1. The van der Waals surface area contributed by atoms with Gasteiger partial charge in [-0.3, -0.25) is 15.0 Å². The molecule has 1 aromatic carbocycles. The number of nitro groups is 1. The van der Waals surface area contributed by atoms with Crippen LogP contribution in [0.1, 0.15) is 43.2 Å². The predicted molar refractivity (Wildman–Crippen MR) is 84.6 cm³/mol. The van der Waals surface area contributed by atoms with Crippen molar-refractivity contribution < 1.29 is 10.0 Å². The average Bonchev–Trinajstić information content (AvgIpc) is 2.49. The zero-order chi connectivity index (χ0) is 15.7. The summed E-state index contributed by atoms with van der Waals surface area (Å²) in [6.45, 7) is 4.27. The van der Waals surface area contributed by atoms with Crippen LogP contribution in [0.2, 0.25) is 0 Å². The summed E-state index contributed by atoms with van der Waals surface area (Å²) in [5.74, 6) is 0.357. The second-order valence-electron chi connectivity index (χ2n) is 6.91. The van der Waals surface area contributed by atoms with E-state index >= 15 is 0 Å². The monoisotopic (exact) mass is 304 g/mol. The fourth-order valence-corrected chi connectivity index (χ4v) is 3.99. The summed E-state index contributed by atoms with van der Waals surface area (Å²) in [5.41, 5.74) is 1.42. The smallest absolute Gasteiger partial charge is 0.272 e. The number of hydrogen-bond acceptors (Lipinski definition) is 4. The predicted octanol–water partition coefficient (Wildman–Crippen LogP) is 3.03. The van der Waals surface area contributed by atoms with Crippen molar-refractivity contribution in [2.75, 3.05) is 13.1 Å². The van der Waals surface area contributed by atoms with Crippen LogP contribution in [0.3, 0.4) is 0 Å². The van der Waals surface area contributed by atoms with E-state index in [1.165, 1.54) is 6.42 Å². The van der Waals surface area contributed by atoms with Crippen molar-refractivity contribution in [2.24, 2.45) is 5.92 Å². The Labute approximate surface area is 131 Å². The van der Waals surface area contributed by atoms with E-state index in [9.17, 15) is 15.2 Å². The van der Waals surface area contributed by atoms with Crippen LogP contribution in [0, 0.1) is 23.0 Å². The lowest BCUT2D eigenvalue weighted by Gasteiger charge is -2.47. The van der Waals surface area contributed by atoms with Crippen molar-refractivity contribution in [3.63, 3.8) is 0 Å². The number of hydrogen-bond donors (Lipinski definition) is 1. The molecule has 0 aromatic heterocycles. The molecule has 0 amide bonds. The molecule has 0 spiro atoms. The van der Waals surface area contributed by atoms with E-state index in [2.05, 4.69) is 4.90 Å². The summed E-state index contributed by atoms with van der Waals surface area (Å²) in [5, 5.41) is 21.8. The summed E-state index contributed by atoms with van der Waals surface area (Å²) in [4.78, 5) is 13.1. The van der Waals surface area contributed by atoms with Crippen LogP contribution < -0.4 is 0 Å². The van der Waals surface area contributed by atoms with Gasteiger partial charge in [-0.25, -0.2) is 0 Å². The first-order valence-electron chi connectivity index (χ1n) is 8.16. The zero-order valence-electron chi connectivity index (χ0n) is 13.1. The van der Waals surface area contributed by atoms with Crippen LogP contribution in [0.15, 0.2) is 18.2 Å². The van der Waals surface area contributed by atoms with Gasteiger partial charge in [0.15, 0.2) is 0 Å². The van der Waals surface area contributed by atoms with Crippen LogP contribution in [0.5, 0.6) is 0 Å². The number of benzene rings is 1. The van der Waals surface area contributed by atoms with Gasteiger partial charge < -0.3 is 5.11 Å². The normalized spacial score (nSPS) is 29.1. The first-order chi connectivity index (χ1) is 10.5. The van der Waals surface area contributed by atoms with Gasteiger partial charge in [-0.05, 0) is 31.7 Å². The van der Waals surface area contributed by atoms with Crippen LogP contribution in [0.25, 0.3) is 0 Å². The fraction of sp³-hybridized carbons (Fsp3) is 0.647. The maximum atomic E-state index is 11.1. The number of piperidine rings is 1. The van der Waals surface area contributed by atoms with E-state index < -0.39 is 5.60 Å². The van der Waals surface area contributed by atoms with Crippen LogP contribution in [-0.4, -0.2) is 33.6 Å². The Morgan fingerprint density at radius 1 is 1.41 bits per heavy atom. The molecule has 120 valence electrons. The molecule has 1 aromatic rings. The number of aliphatic hydroxyl groups is 1. The first-order valence-corrected chi connectivity index (χ1v) is 8.16. The molecule has 3 rings (SSSR count). The number of nitro benzene ring substituents is 1. The number of nitrogens with zero attached hydrogens (tertiary/aromatic N) is 2. The standard InChI is InChI=1S/C17H24N2O3/c1-13-5-6-14(10-16(13)19(21)22)11-18-9-8-17(20)7-3-2-4-15(17)12-18/h5-6,10,15,20H,2-4,7-9,11-12H2,1H3. The number of rotatable bonds is 3. The molecule has 5 nitrogen and oxygen atoms in total. The Hall–Kier alpha value is -1.46. The molecule has 1 heterocycles. The third kappa shape index (κ3) is 3.01. The Kier molecular flexibility index (Phi) is 4.19. The Morgan fingerprint density at radius 2 is 2.23 bits per heavy atom. The van der Waals surface area contributed by atoms with Gasteiger partial charge in [-0.15, -0.1) is 0 Å². The highest BCUT2D eigenvalue weighted by atomic mass is 16.6. The second-order valence-corrected chi connectivity index (χ2v) is 6.91. The van der Waals surface area contributed by atoms with Gasteiger partial charge in [-0.2, -0.15) is 0 Å². The van der Waals surface area contributed by atoms with Crippen molar-refractivity contribution in [3.05, 3.63) is 39.4 Å². The van der Waals surface area contributed by atoms with E-state index in [1.807, 2.05) is 12.1 Å². The quantitative estimate of drug-likeness (QED) is 0.688. The van der Waals surface area contributed by atoms with Gasteiger partial charge in [0.25, 0.3) is 5.69 Å². The largest absolute Gasteiger partial charge is 0.390 e. The maximum absolute atomic E-state index is 11.1. The summed E-state index contributed by atoms with van der Waals surface area (Å²) >= 11 is 0. The summed E-state index contributed by atoms with van der Waals surface area (Å²) in [7, 11) is 0. The SMILES string of the molecule is Cc1ccc(CN2CCC3(O)CCCCC3C2)cc1[N+](=O)[O-]. The average molecular weight is 304 g/mol. The van der Waals surface area contributed by atoms with Crippen LogP contribution >= 0.6 is 0 Å². The molecule has 2 atom stereocenters. The third-order valence-corrected chi connectivity index (χ3v) is 5.39. The highest BCUT2D eigenvalue weighted by molar-refractivity contribution is 5.42. The molecular weight excluding hydrogens is 280 g/mol. The van der Waals surface area contributed by atoms with Crippen LogP contribution in [-0.2, 0) is 6.54 Å².